The van der Waals surface area contributed by atoms with Gasteiger partial charge in [0.25, 0.3) is 0 Å². The molecule has 0 saturated heterocycles. The van der Waals surface area contributed by atoms with Gasteiger partial charge in [0.05, 0.1) is 11.4 Å². The number of nitrogens with one attached hydrogen (secondary N) is 1. The Kier molecular flexibility index (Phi) is 3.81. The van der Waals surface area contributed by atoms with Gasteiger partial charge >= 0.3 is 0 Å². The lowest BCUT2D eigenvalue weighted by Crippen LogP contribution is -2.24. The highest BCUT2D eigenvalue weighted by Gasteiger charge is 2.12. The lowest BCUT2D eigenvalue weighted by Gasteiger charge is -2.07. The van der Waals surface area contributed by atoms with Crippen molar-refractivity contribution in [1.29, 1.82) is 0 Å². The topological polar surface area (TPSA) is 46.9 Å². The number of halogens is 2. The molecule has 1 aromatic heterocycles. The van der Waals surface area contributed by atoms with Gasteiger partial charge in [0, 0.05) is 20.0 Å². The van der Waals surface area contributed by atoms with E-state index >= 15 is 0 Å². The molecule has 0 saturated carbocycles. The fraction of sp³-hybridized carbons (Fsp3) is 0.333. The number of nitrogens with zero attached hydrogens (tertiary/aromatic N) is 2. The van der Waals surface area contributed by atoms with Gasteiger partial charge in [-0.1, -0.05) is 6.07 Å². The van der Waals surface area contributed by atoms with Crippen LogP contribution in [0.15, 0.2) is 18.2 Å². The maximum absolute atomic E-state index is 13.6. The molecule has 0 atom stereocenters. The lowest BCUT2D eigenvalue weighted by atomic mass is 10.3. The third-order valence-corrected chi connectivity index (χ3v) is 2.88. The summed E-state index contributed by atoms with van der Waals surface area (Å²) in [7, 11) is 0. The summed E-state index contributed by atoms with van der Waals surface area (Å²) >= 11 is 5.80. The standard InChI is InChI=1S/C12H13ClFN3O/c1-8(18)15-5-6-17-10-4-2-3-9(14)12(10)16-11(17)7-13/h2-4H,5-7H2,1H3,(H,15,18). The molecule has 6 heteroatoms. The summed E-state index contributed by atoms with van der Waals surface area (Å²) in [5, 5.41) is 2.69. The number of carbonyl (C=O) groups excluding carboxylic acids is 1. The summed E-state index contributed by atoms with van der Waals surface area (Å²) in [5.74, 6) is 0.339. The molecule has 18 heavy (non-hydrogen) atoms. The van der Waals surface area contributed by atoms with E-state index in [1.807, 2.05) is 4.57 Å². The predicted octanol–water partition coefficient (Wildman–Crippen LogP) is 2.05. The molecule has 0 spiro atoms. The second-order valence-electron chi connectivity index (χ2n) is 3.90. The van der Waals surface area contributed by atoms with E-state index in [9.17, 15) is 9.18 Å². The zero-order chi connectivity index (χ0) is 13.1. The van der Waals surface area contributed by atoms with Gasteiger partial charge < -0.3 is 9.88 Å². The molecule has 0 bridgehead atoms. The van der Waals surface area contributed by atoms with Gasteiger partial charge in [-0.25, -0.2) is 9.37 Å². The highest BCUT2D eigenvalue weighted by molar-refractivity contribution is 6.16. The Morgan fingerprint density at radius 2 is 2.33 bits per heavy atom. The van der Waals surface area contributed by atoms with E-state index in [4.69, 9.17) is 11.6 Å². The summed E-state index contributed by atoms with van der Waals surface area (Å²) in [6, 6.07) is 4.78. The number of imidazole rings is 1. The maximum atomic E-state index is 13.6. The molecule has 4 nitrogen and oxygen atoms in total. The lowest BCUT2D eigenvalue weighted by molar-refractivity contribution is -0.118. The van der Waals surface area contributed by atoms with Crippen molar-refractivity contribution in [3.05, 3.63) is 29.8 Å². The van der Waals surface area contributed by atoms with Crippen molar-refractivity contribution in [1.82, 2.24) is 14.9 Å². The number of aromatic nitrogens is 2. The molecule has 1 aromatic carbocycles. The molecule has 0 aliphatic carbocycles. The largest absolute Gasteiger partial charge is 0.355 e. The molecule has 0 unspecified atom stereocenters. The minimum absolute atomic E-state index is 0.0991. The van der Waals surface area contributed by atoms with Crippen LogP contribution in [0.1, 0.15) is 12.7 Å². The highest BCUT2D eigenvalue weighted by atomic mass is 35.5. The van der Waals surface area contributed by atoms with E-state index in [1.54, 1.807) is 12.1 Å². The number of hydrogen-bond acceptors (Lipinski definition) is 2. The van der Waals surface area contributed by atoms with Crippen LogP contribution < -0.4 is 5.32 Å². The van der Waals surface area contributed by atoms with E-state index in [0.717, 1.165) is 0 Å². The normalized spacial score (nSPS) is 10.8. The first-order valence-corrected chi connectivity index (χ1v) is 6.11. The number of para-hydroxylation sites is 1. The van der Waals surface area contributed by atoms with Crippen LogP contribution in [0.25, 0.3) is 11.0 Å². The number of amides is 1. The van der Waals surface area contributed by atoms with Crippen molar-refractivity contribution in [3.8, 4) is 0 Å². The number of hydrogen-bond donors (Lipinski definition) is 1. The van der Waals surface area contributed by atoms with E-state index in [1.165, 1.54) is 13.0 Å². The van der Waals surface area contributed by atoms with Gasteiger partial charge in [-0.05, 0) is 12.1 Å². The molecule has 2 aromatic rings. The van der Waals surface area contributed by atoms with E-state index < -0.39 is 0 Å². The second-order valence-corrected chi connectivity index (χ2v) is 4.17. The van der Waals surface area contributed by atoms with Gasteiger partial charge in [0.1, 0.15) is 11.3 Å². The molecule has 1 N–H and O–H groups in total. The summed E-state index contributed by atoms with van der Waals surface area (Å²) < 4.78 is 15.4. The Morgan fingerprint density at radius 3 is 3.00 bits per heavy atom. The van der Waals surface area contributed by atoms with E-state index in [2.05, 4.69) is 10.3 Å². The fourth-order valence-corrected chi connectivity index (χ4v) is 2.06. The zero-order valence-corrected chi connectivity index (χ0v) is 10.7. The van der Waals surface area contributed by atoms with Crippen LogP contribution in [0, 0.1) is 5.82 Å². The molecule has 1 amide bonds. The summed E-state index contributed by atoms with van der Waals surface area (Å²) in [6.45, 7) is 2.43. The van der Waals surface area contributed by atoms with Gasteiger partial charge in [-0.3, -0.25) is 4.79 Å². The Labute approximate surface area is 109 Å². The number of rotatable bonds is 4. The van der Waals surface area contributed by atoms with Crippen LogP contribution in [0.2, 0.25) is 0 Å². The molecular formula is C12H13ClFN3O. The van der Waals surface area contributed by atoms with Crippen molar-refractivity contribution in [2.45, 2.75) is 19.3 Å². The van der Waals surface area contributed by atoms with Crippen LogP contribution in [-0.4, -0.2) is 22.0 Å². The number of alkyl halides is 1. The minimum Gasteiger partial charge on any atom is -0.355 e. The quantitative estimate of drug-likeness (QED) is 0.864. The smallest absolute Gasteiger partial charge is 0.216 e. The van der Waals surface area contributed by atoms with Crippen LogP contribution in [0.4, 0.5) is 4.39 Å². The van der Waals surface area contributed by atoms with E-state index in [0.29, 0.717) is 29.9 Å². The van der Waals surface area contributed by atoms with Crippen LogP contribution >= 0.6 is 11.6 Å². The van der Waals surface area contributed by atoms with Gasteiger partial charge in [-0.2, -0.15) is 0 Å². The first-order chi connectivity index (χ1) is 8.63. The number of fused-ring (bicyclic) bond motifs is 1. The summed E-state index contributed by atoms with van der Waals surface area (Å²) in [4.78, 5) is 15.0. The third kappa shape index (κ3) is 2.46. The SMILES string of the molecule is CC(=O)NCCn1c(CCl)nc2c(F)cccc21. The molecule has 1 heterocycles. The van der Waals surface area contributed by atoms with Crippen LogP contribution in [0.5, 0.6) is 0 Å². The van der Waals surface area contributed by atoms with Gasteiger partial charge in [0.15, 0.2) is 5.82 Å². The Morgan fingerprint density at radius 1 is 1.56 bits per heavy atom. The summed E-state index contributed by atoms with van der Waals surface area (Å²) in [6.07, 6.45) is 0. The molecule has 96 valence electrons. The van der Waals surface area contributed by atoms with Gasteiger partial charge in [-0.15, -0.1) is 11.6 Å². The Hall–Kier alpha value is -1.62. The first kappa shape index (κ1) is 12.8. The first-order valence-electron chi connectivity index (χ1n) is 5.57. The van der Waals surface area contributed by atoms with Crippen LogP contribution in [-0.2, 0) is 17.2 Å². The van der Waals surface area contributed by atoms with Crippen molar-refractivity contribution in [3.63, 3.8) is 0 Å². The maximum Gasteiger partial charge on any atom is 0.216 e. The van der Waals surface area contributed by atoms with E-state index in [-0.39, 0.29) is 17.6 Å². The summed E-state index contributed by atoms with van der Waals surface area (Å²) in [5.41, 5.74) is 1.01. The van der Waals surface area contributed by atoms with Crippen molar-refractivity contribution in [2.75, 3.05) is 6.54 Å². The minimum atomic E-state index is -0.364. The zero-order valence-electron chi connectivity index (χ0n) is 9.91. The molecular weight excluding hydrogens is 257 g/mol. The third-order valence-electron chi connectivity index (χ3n) is 2.64. The number of carbonyl (C=O) groups is 1. The van der Waals surface area contributed by atoms with Crippen LogP contribution in [0.3, 0.4) is 0 Å². The number of benzene rings is 1. The average Bonchev–Trinajstić information content (AvgIpc) is 2.69. The predicted molar refractivity (Wildman–Crippen MR) is 67.9 cm³/mol. The molecule has 2 rings (SSSR count). The Balaban J connectivity index is 2.35. The monoisotopic (exact) mass is 269 g/mol. The average molecular weight is 270 g/mol. The molecule has 0 radical (unpaired) electrons. The molecule has 0 aliphatic rings. The second kappa shape index (κ2) is 5.35. The Bertz CT molecular complexity index is 582. The van der Waals surface area contributed by atoms with Crippen molar-refractivity contribution < 1.29 is 9.18 Å². The molecule has 0 aliphatic heterocycles. The van der Waals surface area contributed by atoms with Crippen molar-refractivity contribution >= 4 is 28.5 Å². The fourth-order valence-electron chi connectivity index (χ4n) is 1.86. The highest BCUT2D eigenvalue weighted by Crippen LogP contribution is 2.19. The van der Waals surface area contributed by atoms with Gasteiger partial charge in [0.2, 0.25) is 5.91 Å². The van der Waals surface area contributed by atoms with Crippen molar-refractivity contribution in [2.24, 2.45) is 0 Å². The molecule has 0 fully saturated rings.